The van der Waals surface area contributed by atoms with Gasteiger partial charge in [-0.2, -0.15) is 0 Å². The van der Waals surface area contributed by atoms with Crippen LogP contribution in [0.2, 0.25) is 0 Å². The van der Waals surface area contributed by atoms with Crippen LogP contribution in [0.5, 0.6) is 0 Å². The largest absolute Gasteiger partial charge is 0.397 e. The zero-order valence-electron chi connectivity index (χ0n) is 5.89. The van der Waals surface area contributed by atoms with Crippen molar-refractivity contribution in [3.8, 4) is 0 Å². The summed E-state index contributed by atoms with van der Waals surface area (Å²) >= 11 is 0. The van der Waals surface area contributed by atoms with Gasteiger partial charge in [0, 0.05) is 45.9 Å². The summed E-state index contributed by atoms with van der Waals surface area (Å²) in [5.74, 6) is 0. The van der Waals surface area contributed by atoms with E-state index in [1.54, 1.807) is 13.8 Å². The van der Waals surface area contributed by atoms with Gasteiger partial charge in [-0.3, -0.25) is 0 Å². The molecule has 2 N–H and O–H groups in total. The van der Waals surface area contributed by atoms with Crippen LogP contribution < -0.4 is 0 Å². The molecule has 0 amide bonds. The first-order valence-electron chi connectivity index (χ1n) is 2.05. The number of rotatable bonds is 0. The first-order valence-corrected chi connectivity index (χ1v) is 2.05. The predicted molar refractivity (Wildman–Crippen MR) is 31.9 cm³/mol. The molecule has 0 atom stereocenters. The molecule has 0 aliphatic heterocycles. The van der Waals surface area contributed by atoms with Crippen LogP contribution in [0.4, 0.5) is 0 Å². The summed E-state index contributed by atoms with van der Waals surface area (Å²) in [5.41, 5.74) is 0. The van der Waals surface area contributed by atoms with E-state index in [0.29, 0.717) is 0 Å². The van der Waals surface area contributed by atoms with Crippen LogP contribution in [0, 0.1) is 7.43 Å². The molecule has 0 aromatic carbocycles. The third-order valence-electron chi connectivity index (χ3n) is 0. The average Bonchev–Trinajstić information content (AvgIpc) is 1.39. The Bertz CT molecular complexity index is 12.4. The summed E-state index contributed by atoms with van der Waals surface area (Å²) in [6, 6.07) is 0. The minimum absolute atomic E-state index is 0. The molecule has 0 spiro atoms. The Morgan fingerprint density at radius 3 is 1.00 bits per heavy atom. The fourth-order valence-electron chi connectivity index (χ4n) is 0. The van der Waals surface area contributed by atoms with Crippen LogP contribution in [0.1, 0.15) is 13.8 Å². The molecule has 0 heterocycles. The number of aliphatic hydroxyl groups excluding tert-OH is 2. The molecule has 3 heteroatoms. The van der Waals surface area contributed by atoms with Crippen molar-refractivity contribution < 1.29 is 42.9 Å². The summed E-state index contributed by atoms with van der Waals surface area (Å²) in [6.07, 6.45) is 0. The maximum Gasteiger partial charge on any atom is 0.0402 e. The second kappa shape index (κ2) is 43.3. The first-order chi connectivity index (χ1) is 2.83. The van der Waals surface area contributed by atoms with Crippen LogP contribution in [0.3, 0.4) is 0 Å². The van der Waals surface area contributed by atoms with Crippen molar-refractivity contribution in [2.45, 2.75) is 13.8 Å². The van der Waals surface area contributed by atoms with Crippen LogP contribution >= 0.6 is 0 Å². The molecule has 2 nitrogen and oxygen atoms in total. The third kappa shape index (κ3) is 243. The molecule has 0 aliphatic rings. The van der Waals surface area contributed by atoms with Gasteiger partial charge in [0.05, 0.1) is 0 Å². The molecule has 0 saturated carbocycles. The minimum Gasteiger partial charge on any atom is -0.397 e. The molecule has 0 aromatic heterocycles. The van der Waals surface area contributed by atoms with Gasteiger partial charge in [-0.05, 0) is 13.8 Å². The summed E-state index contributed by atoms with van der Waals surface area (Å²) in [5, 5.41) is 15.1. The number of hydrogen-bond donors (Lipinski definition) is 2. The van der Waals surface area contributed by atoms with Crippen molar-refractivity contribution in [2.24, 2.45) is 0 Å². The third-order valence-corrected chi connectivity index (χ3v) is 0. The van der Waals surface area contributed by atoms with Gasteiger partial charge in [0.2, 0.25) is 0 Å². The van der Waals surface area contributed by atoms with E-state index < -0.39 is 0 Å². The van der Waals surface area contributed by atoms with Crippen molar-refractivity contribution in [1.82, 2.24) is 0 Å². The Morgan fingerprint density at radius 1 is 1.00 bits per heavy atom. The molecule has 8 heavy (non-hydrogen) atoms. The Morgan fingerprint density at radius 2 is 1.00 bits per heavy atom. The van der Waals surface area contributed by atoms with Gasteiger partial charge >= 0.3 is 0 Å². The molecule has 0 unspecified atom stereocenters. The van der Waals surface area contributed by atoms with Crippen LogP contribution in [0.25, 0.3) is 0 Å². The fourth-order valence-corrected chi connectivity index (χ4v) is 0. The molecule has 0 bridgehead atoms. The van der Waals surface area contributed by atoms with Gasteiger partial charge in [0.1, 0.15) is 0 Å². The molecule has 51 valence electrons. The quantitative estimate of drug-likeness (QED) is 0.552. The Labute approximate surface area is 77.2 Å². The number of aliphatic hydroxyl groups is 2. The van der Waals surface area contributed by atoms with Crippen molar-refractivity contribution in [3.05, 3.63) is 7.43 Å². The summed E-state index contributed by atoms with van der Waals surface area (Å²) in [4.78, 5) is 0. The fraction of sp³-hybridized carbons (Fsp3) is 0.800. The zero-order chi connectivity index (χ0) is 5.41. The smallest absolute Gasteiger partial charge is 0.0402 e. The maximum absolute atomic E-state index is 7.57. The van der Waals surface area contributed by atoms with E-state index in [1.165, 1.54) is 0 Å². The molecule has 0 rings (SSSR count). The van der Waals surface area contributed by atoms with Gasteiger partial charge in [-0.15, -0.1) is 0 Å². The standard InChI is InChI=1S/2C2H6O.CH3.Y/c2*1-2-3;;/h2*3H,2H2,1H3;1H3;/q;;-1;. The average molecular weight is 196 g/mol. The second-order valence-corrected chi connectivity index (χ2v) is 0.632. The molecule has 0 aromatic rings. The summed E-state index contributed by atoms with van der Waals surface area (Å²) in [6.45, 7) is 3.86. The van der Waals surface area contributed by atoms with Crippen LogP contribution in [0.15, 0.2) is 0 Å². The molecule has 0 saturated heterocycles. The van der Waals surface area contributed by atoms with Gasteiger partial charge < -0.3 is 17.6 Å². The maximum atomic E-state index is 7.57. The minimum atomic E-state index is 0. The molecule has 0 fully saturated rings. The Kier molecular flexibility index (Phi) is 125. The van der Waals surface area contributed by atoms with Crippen molar-refractivity contribution >= 4 is 0 Å². The van der Waals surface area contributed by atoms with Gasteiger partial charge in [0.25, 0.3) is 0 Å². The monoisotopic (exact) mass is 196 g/mol. The van der Waals surface area contributed by atoms with Crippen molar-refractivity contribution in [3.63, 3.8) is 0 Å². The van der Waals surface area contributed by atoms with E-state index >= 15 is 0 Å². The topological polar surface area (TPSA) is 40.5 Å². The molecular weight excluding hydrogens is 181 g/mol. The van der Waals surface area contributed by atoms with E-state index in [1.807, 2.05) is 0 Å². The van der Waals surface area contributed by atoms with Gasteiger partial charge in [-0.1, -0.05) is 0 Å². The molecular formula is C5H15O2Y-. The van der Waals surface area contributed by atoms with E-state index in [0.717, 1.165) is 0 Å². The predicted octanol–water partition coefficient (Wildman–Crippen LogP) is 0.445. The van der Waals surface area contributed by atoms with Gasteiger partial charge in [0.15, 0.2) is 0 Å². The Balaban J connectivity index is -0.0000000160. The number of hydrogen-bond acceptors (Lipinski definition) is 2. The normalized spacial score (nSPS) is 4.50. The zero-order valence-corrected chi connectivity index (χ0v) is 8.72. The first kappa shape index (κ1) is 23.0. The second-order valence-electron chi connectivity index (χ2n) is 0.632. The van der Waals surface area contributed by atoms with Crippen LogP contribution in [-0.4, -0.2) is 23.4 Å². The summed E-state index contributed by atoms with van der Waals surface area (Å²) < 4.78 is 0. The van der Waals surface area contributed by atoms with Crippen molar-refractivity contribution in [2.75, 3.05) is 13.2 Å². The van der Waals surface area contributed by atoms with E-state index in [2.05, 4.69) is 0 Å². The Hall–Kier alpha value is 1.02. The van der Waals surface area contributed by atoms with Crippen molar-refractivity contribution in [1.29, 1.82) is 0 Å². The summed E-state index contributed by atoms with van der Waals surface area (Å²) in [7, 11) is 0. The van der Waals surface area contributed by atoms with E-state index in [-0.39, 0.29) is 53.3 Å². The van der Waals surface area contributed by atoms with E-state index in [4.69, 9.17) is 10.2 Å². The van der Waals surface area contributed by atoms with Gasteiger partial charge in [-0.25, -0.2) is 0 Å². The molecule has 0 aliphatic carbocycles. The van der Waals surface area contributed by atoms with Crippen LogP contribution in [-0.2, 0) is 32.7 Å². The SMILES string of the molecule is CCO.CCO.[CH3-].[Y]. The molecule has 1 radical (unpaired) electrons. The van der Waals surface area contributed by atoms with E-state index in [9.17, 15) is 0 Å².